The van der Waals surface area contributed by atoms with Gasteiger partial charge in [-0.2, -0.15) is 0 Å². The summed E-state index contributed by atoms with van der Waals surface area (Å²) < 4.78 is 10.5. The molecule has 1 aliphatic carbocycles. The van der Waals surface area contributed by atoms with Gasteiger partial charge in [0, 0.05) is 18.8 Å². The second kappa shape index (κ2) is 7.32. The van der Waals surface area contributed by atoms with Crippen molar-refractivity contribution in [1.82, 2.24) is 4.98 Å². The van der Waals surface area contributed by atoms with Crippen molar-refractivity contribution in [3.05, 3.63) is 47.4 Å². The predicted octanol–water partition coefficient (Wildman–Crippen LogP) is 4.19. The van der Waals surface area contributed by atoms with Gasteiger partial charge in [-0.25, -0.2) is 4.98 Å². The van der Waals surface area contributed by atoms with Crippen LogP contribution >= 0.6 is 11.3 Å². The van der Waals surface area contributed by atoms with E-state index in [4.69, 9.17) is 8.83 Å². The second-order valence-corrected chi connectivity index (χ2v) is 7.28. The molecule has 0 bridgehead atoms. The standard InChI is InChI=1S/C19H16N2O5S/c22-12-7-5-11(6-8-12)16(23)17-15(13-3-1-9-25-13)20-19(27-17)21-18(24)14-4-2-10-26-14/h1-4,9-11H,5-8H2,(H,20,21,24). The summed E-state index contributed by atoms with van der Waals surface area (Å²) in [5, 5.41) is 2.95. The molecule has 8 heteroatoms. The monoisotopic (exact) mass is 384 g/mol. The van der Waals surface area contributed by atoms with Crippen molar-refractivity contribution >= 4 is 33.9 Å². The number of nitrogens with zero attached hydrogens (tertiary/aromatic N) is 1. The minimum Gasteiger partial charge on any atom is -0.463 e. The van der Waals surface area contributed by atoms with E-state index in [1.54, 1.807) is 24.3 Å². The van der Waals surface area contributed by atoms with Gasteiger partial charge in [0.15, 0.2) is 22.4 Å². The Bertz CT molecular complexity index is 962. The van der Waals surface area contributed by atoms with E-state index < -0.39 is 5.91 Å². The van der Waals surface area contributed by atoms with Crippen LogP contribution in [-0.4, -0.2) is 22.5 Å². The van der Waals surface area contributed by atoms with Crippen LogP contribution in [0.3, 0.4) is 0 Å². The number of ketones is 2. The lowest BCUT2D eigenvalue weighted by atomic mass is 9.85. The highest BCUT2D eigenvalue weighted by Crippen LogP contribution is 2.36. The van der Waals surface area contributed by atoms with Crippen LogP contribution in [0.5, 0.6) is 0 Å². The first-order valence-electron chi connectivity index (χ1n) is 8.57. The molecule has 4 rings (SSSR count). The summed E-state index contributed by atoms with van der Waals surface area (Å²) in [5.41, 5.74) is 0.404. The van der Waals surface area contributed by atoms with E-state index in [2.05, 4.69) is 10.3 Å². The zero-order chi connectivity index (χ0) is 18.8. The molecule has 27 heavy (non-hydrogen) atoms. The van der Waals surface area contributed by atoms with Gasteiger partial charge in [0.2, 0.25) is 0 Å². The van der Waals surface area contributed by atoms with E-state index in [1.165, 1.54) is 12.5 Å². The van der Waals surface area contributed by atoms with E-state index in [0.717, 1.165) is 11.3 Å². The highest BCUT2D eigenvalue weighted by Gasteiger charge is 2.30. The smallest absolute Gasteiger partial charge is 0.293 e. The third-order valence-electron chi connectivity index (χ3n) is 4.49. The molecule has 7 nitrogen and oxygen atoms in total. The molecule has 138 valence electrons. The van der Waals surface area contributed by atoms with Gasteiger partial charge in [-0.3, -0.25) is 19.7 Å². The molecular formula is C19H16N2O5S. The fourth-order valence-electron chi connectivity index (χ4n) is 3.07. The van der Waals surface area contributed by atoms with Crippen LogP contribution in [0.15, 0.2) is 45.6 Å². The number of hydrogen-bond acceptors (Lipinski definition) is 7. The Kier molecular flexibility index (Phi) is 4.72. The number of carbonyl (C=O) groups excluding carboxylic acids is 3. The highest BCUT2D eigenvalue weighted by molar-refractivity contribution is 7.18. The fraction of sp³-hybridized carbons (Fsp3) is 0.263. The van der Waals surface area contributed by atoms with Crippen molar-refractivity contribution in [2.24, 2.45) is 5.92 Å². The summed E-state index contributed by atoms with van der Waals surface area (Å²) in [4.78, 5) is 41.5. The number of furan rings is 2. The largest absolute Gasteiger partial charge is 0.463 e. The van der Waals surface area contributed by atoms with E-state index in [1.807, 2.05) is 0 Å². The number of aromatic nitrogens is 1. The molecule has 0 saturated heterocycles. The molecule has 1 fully saturated rings. The van der Waals surface area contributed by atoms with Gasteiger partial charge in [0.05, 0.1) is 12.5 Å². The van der Waals surface area contributed by atoms with Gasteiger partial charge in [0.25, 0.3) is 5.91 Å². The van der Waals surface area contributed by atoms with Crippen molar-refractivity contribution in [1.29, 1.82) is 0 Å². The summed E-state index contributed by atoms with van der Waals surface area (Å²) in [7, 11) is 0. The molecule has 0 atom stereocenters. The number of anilines is 1. The van der Waals surface area contributed by atoms with Crippen LogP contribution in [0.1, 0.15) is 45.9 Å². The Balaban J connectivity index is 1.63. The molecule has 0 aromatic carbocycles. The number of nitrogens with one attached hydrogen (secondary N) is 1. The van der Waals surface area contributed by atoms with E-state index >= 15 is 0 Å². The Morgan fingerprint density at radius 2 is 1.85 bits per heavy atom. The number of carbonyl (C=O) groups is 3. The Morgan fingerprint density at radius 3 is 2.52 bits per heavy atom. The minimum atomic E-state index is -0.443. The van der Waals surface area contributed by atoms with Gasteiger partial charge >= 0.3 is 0 Å². The van der Waals surface area contributed by atoms with Crippen molar-refractivity contribution in [2.45, 2.75) is 25.7 Å². The predicted molar refractivity (Wildman–Crippen MR) is 97.8 cm³/mol. The molecule has 0 spiro atoms. The molecule has 0 aliphatic heterocycles. The lowest BCUT2D eigenvalue weighted by molar-refractivity contribution is -0.120. The van der Waals surface area contributed by atoms with Gasteiger partial charge in [0.1, 0.15) is 16.4 Å². The van der Waals surface area contributed by atoms with E-state index in [-0.39, 0.29) is 28.4 Å². The fourth-order valence-corrected chi connectivity index (χ4v) is 4.06. The minimum absolute atomic E-state index is 0.0649. The molecule has 3 heterocycles. The second-order valence-electron chi connectivity index (χ2n) is 6.28. The zero-order valence-electron chi connectivity index (χ0n) is 14.3. The van der Waals surface area contributed by atoms with Crippen LogP contribution in [0.4, 0.5) is 5.13 Å². The molecule has 0 radical (unpaired) electrons. The number of Topliss-reactive ketones (excluding diaryl/α,β-unsaturated/α-hetero) is 2. The van der Waals surface area contributed by atoms with E-state index in [0.29, 0.717) is 42.0 Å². The summed E-state index contributed by atoms with van der Waals surface area (Å²) >= 11 is 1.11. The van der Waals surface area contributed by atoms with Gasteiger partial charge in [-0.15, -0.1) is 0 Å². The van der Waals surface area contributed by atoms with Crippen LogP contribution in [0, 0.1) is 5.92 Å². The zero-order valence-corrected chi connectivity index (χ0v) is 15.1. The van der Waals surface area contributed by atoms with Crippen molar-refractivity contribution in [2.75, 3.05) is 5.32 Å². The third-order valence-corrected chi connectivity index (χ3v) is 5.47. The summed E-state index contributed by atoms with van der Waals surface area (Å²) in [5.74, 6) is 0.0850. The first-order chi connectivity index (χ1) is 13.1. The summed E-state index contributed by atoms with van der Waals surface area (Å²) in [6, 6.07) is 6.59. The Hall–Kier alpha value is -3.00. The van der Waals surface area contributed by atoms with Gasteiger partial charge in [-0.05, 0) is 37.1 Å². The molecule has 0 unspecified atom stereocenters. The lowest BCUT2D eigenvalue weighted by Crippen LogP contribution is -2.21. The SMILES string of the molecule is O=C1CCC(C(=O)c2sc(NC(=O)c3ccco3)nc2-c2ccco2)CC1. The van der Waals surface area contributed by atoms with Crippen molar-refractivity contribution < 1.29 is 23.2 Å². The van der Waals surface area contributed by atoms with Crippen molar-refractivity contribution in [3.8, 4) is 11.5 Å². The number of thiazole rings is 1. The van der Waals surface area contributed by atoms with Crippen LogP contribution in [-0.2, 0) is 4.79 Å². The maximum absolute atomic E-state index is 13.0. The average molecular weight is 384 g/mol. The molecular weight excluding hydrogens is 368 g/mol. The van der Waals surface area contributed by atoms with E-state index in [9.17, 15) is 14.4 Å². The molecule has 1 saturated carbocycles. The van der Waals surface area contributed by atoms with Crippen molar-refractivity contribution in [3.63, 3.8) is 0 Å². The molecule has 3 aromatic heterocycles. The Labute approximate surface area is 158 Å². The van der Waals surface area contributed by atoms with Crippen LogP contribution in [0.25, 0.3) is 11.5 Å². The maximum Gasteiger partial charge on any atom is 0.293 e. The first-order valence-corrected chi connectivity index (χ1v) is 9.39. The average Bonchev–Trinajstić information content (AvgIpc) is 3.42. The Morgan fingerprint density at radius 1 is 1.11 bits per heavy atom. The molecule has 1 amide bonds. The van der Waals surface area contributed by atoms with Crippen LogP contribution in [0.2, 0.25) is 0 Å². The maximum atomic E-state index is 13.0. The molecule has 1 N–H and O–H groups in total. The number of amides is 1. The summed E-state index contributed by atoms with van der Waals surface area (Å²) in [6.07, 6.45) is 4.84. The number of hydrogen-bond donors (Lipinski definition) is 1. The van der Waals surface area contributed by atoms with Crippen LogP contribution < -0.4 is 5.32 Å². The third kappa shape index (κ3) is 3.61. The summed E-state index contributed by atoms with van der Waals surface area (Å²) in [6.45, 7) is 0. The highest BCUT2D eigenvalue weighted by atomic mass is 32.1. The quantitative estimate of drug-likeness (QED) is 0.662. The number of rotatable bonds is 5. The molecule has 3 aromatic rings. The van der Waals surface area contributed by atoms with Gasteiger partial charge in [-0.1, -0.05) is 11.3 Å². The lowest BCUT2D eigenvalue weighted by Gasteiger charge is -2.19. The normalized spacial score (nSPS) is 15.0. The van der Waals surface area contributed by atoms with Gasteiger partial charge < -0.3 is 8.83 Å². The first kappa shape index (κ1) is 17.4. The molecule has 1 aliphatic rings. The topological polar surface area (TPSA) is 102 Å².